The summed E-state index contributed by atoms with van der Waals surface area (Å²) in [5.41, 5.74) is 1.51. The van der Waals surface area contributed by atoms with Gasteiger partial charge in [0.15, 0.2) is 0 Å². The van der Waals surface area contributed by atoms with Gasteiger partial charge in [-0.25, -0.2) is 0 Å². The van der Waals surface area contributed by atoms with Gasteiger partial charge >= 0.3 is 5.97 Å². The van der Waals surface area contributed by atoms with Crippen LogP contribution in [0.4, 0.5) is 5.69 Å². The summed E-state index contributed by atoms with van der Waals surface area (Å²) in [5, 5.41) is 20.4. The molecular weight excluding hydrogens is 460 g/mol. The zero-order chi connectivity index (χ0) is 25.8. The molecule has 8 nitrogen and oxygen atoms in total. The molecule has 3 aromatic rings. The topological polar surface area (TPSA) is 117 Å². The maximum Gasteiger partial charge on any atom is 0.308 e. The number of carbonyl (C=O) groups is 3. The molecule has 1 heterocycles. The number of aliphatic hydroxyl groups is 1. The van der Waals surface area contributed by atoms with Crippen LogP contribution in [-0.4, -0.2) is 29.4 Å². The first-order valence-electron chi connectivity index (χ1n) is 11.2. The van der Waals surface area contributed by atoms with E-state index in [1.165, 1.54) is 11.8 Å². The van der Waals surface area contributed by atoms with Crippen molar-refractivity contribution < 1.29 is 29.0 Å². The number of carbonyl (C=O) groups excluding carboxylic acids is 3. The van der Waals surface area contributed by atoms with Gasteiger partial charge in [-0.1, -0.05) is 24.3 Å². The van der Waals surface area contributed by atoms with E-state index in [1.807, 2.05) is 13.0 Å². The lowest BCUT2D eigenvalue weighted by Gasteiger charge is -2.25. The molecule has 0 aliphatic carbocycles. The number of Topliss-reactive ketones (excluding diaryl/α,β-unsaturated/α-hetero) is 1. The molecule has 0 aromatic heterocycles. The van der Waals surface area contributed by atoms with Crippen molar-refractivity contribution in [2.45, 2.75) is 19.9 Å². The van der Waals surface area contributed by atoms with E-state index in [0.29, 0.717) is 40.5 Å². The number of nitrogens with zero attached hydrogens (tertiary/aromatic N) is 2. The van der Waals surface area contributed by atoms with Gasteiger partial charge < -0.3 is 14.6 Å². The molecular formula is C28H22N2O6. The number of aliphatic hydroxyl groups excluding tert-OH is 1. The van der Waals surface area contributed by atoms with E-state index < -0.39 is 23.7 Å². The van der Waals surface area contributed by atoms with E-state index in [2.05, 4.69) is 0 Å². The average molecular weight is 482 g/mol. The van der Waals surface area contributed by atoms with Crippen molar-refractivity contribution in [2.75, 3.05) is 11.5 Å². The Bertz CT molecular complexity index is 1400. The Morgan fingerprint density at radius 3 is 2.33 bits per heavy atom. The Kier molecular flexibility index (Phi) is 6.84. The molecule has 4 rings (SSSR count). The van der Waals surface area contributed by atoms with Crippen molar-refractivity contribution in [2.24, 2.45) is 0 Å². The molecule has 1 fully saturated rings. The summed E-state index contributed by atoms with van der Waals surface area (Å²) in [6, 6.07) is 20.2. The van der Waals surface area contributed by atoms with Gasteiger partial charge in [0.2, 0.25) is 0 Å². The minimum absolute atomic E-state index is 0.0988. The van der Waals surface area contributed by atoms with E-state index in [9.17, 15) is 19.5 Å². The van der Waals surface area contributed by atoms with Crippen LogP contribution in [-0.2, 0) is 14.4 Å². The van der Waals surface area contributed by atoms with Crippen LogP contribution in [0.5, 0.6) is 11.5 Å². The van der Waals surface area contributed by atoms with Gasteiger partial charge in [-0.2, -0.15) is 5.26 Å². The van der Waals surface area contributed by atoms with Crippen molar-refractivity contribution in [1.82, 2.24) is 0 Å². The molecule has 0 spiro atoms. The predicted molar refractivity (Wildman–Crippen MR) is 131 cm³/mol. The quantitative estimate of drug-likeness (QED) is 0.181. The summed E-state index contributed by atoms with van der Waals surface area (Å²) in [5.74, 6) is -1.71. The standard InChI is InChI=1S/C28H22N2O6/c1-3-35-23-6-4-5-20(15-23)26(32)24-25(19-9-13-22(14-10-19)36-17(2)31)30(28(34)27(24)33)21-11-7-18(16-29)8-12-21/h4-15,25,32H,3H2,1-2H3/b26-24-. The van der Waals surface area contributed by atoms with Crippen LogP contribution in [0.25, 0.3) is 5.76 Å². The Morgan fingerprint density at radius 2 is 1.72 bits per heavy atom. The number of ketones is 1. The van der Waals surface area contributed by atoms with Gasteiger partial charge in [-0.05, 0) is 61.0 Å². The first kappa shape index (κ1) is 24.2. The largest absolute Gasteiger partial charge is 0.507 e. The molecule has 8 heteroatoms. The van der Waals surface area contributed by atoms with Crippen LogP contribution in [0.2, 0.25) is 0 Å². The van der Waals surface area contributed by atoms with Crippen LogP contribution in [0.1, 0.15) is 36.6 Å². The highest BCUT2D eigenvalue weighted by atomic mass is 16.5. The monoisotopic (exact) mass is 482 g/mol. The minimum Gasteiger partial charge on any atom is -0.507 e. The number of amides is 1. The Balaban J connectivity index is 1.88. The molecule has 3 aromatic carbocycles. The fourth-order valence-corrected chi connectivity index (χ4v) is 4.05. The first-order valence-corrected chi connectivity index (χ1v) is 11.2. The third-order valence-corrected chi connectivity index (χ3v) is 5.59. The van der Waals surface area contributed by atoms with E-state index in [4.69, 9.17) is 14.7 Å². The lowest BCUT2D eigenvalue weighted by atomic mass is 9.95. The van der Waals surface area contributed by atoms with Crippen molar-refractivity contribution >= 4 is 29.1 Å². The summed E-state index contributed by atoms with van der Waals surface area (Å²) in [6.45, 7) is 3.53. The van der Waals surface area contributed by atoms with E-state index >= 15 is 0 Å². The van der Waals surface area contributed by atoms with Gasteiger partial charge in [-0.15, -0.1) is 0 Å². The van der Waals surface area contributed by atoms with Crippen molar-refractivity contribution in [1.29, 1.82) is 5.26 Å². The van der Waals surface area contributed by atoms with Gasteiger partial charge in [0.1, 0.15) is 17.3 Å². The number of rotatable bonds is 6. The van der Waals surface area contributed by atoms with Gasteiger partial charge in [0, 0.05) is 18.2 Å². The molecule has 1 saturated heterocycles. The third kappa shape index (κ3) is 4.68. The van der Waals surface area contributed by atoms with E-state index in [-0.39, 0.29) is 11.3 Å². The molecule has 1 amide bonds. The molecule has 0 radical (unpaired) electrons. The summed E-state index contributed by atoms with van der Waals surface area (Å²) >= 11 is 0. The summed E-state index contributed by atoms with van der Waals surface area (Å²) in [7, 11) is 0. The second-order valence-electron chi connectivity index (χ2n) is 7.95. The second kappa shape index (κ2) is 10.2. The predicted octanol–water partition coefficient (Wildman–Crippen LogP) is 4.51. The van der Waals surface area contributed by atoms with E-state index in [1.54, 1.807) is 72.8 Å². The molecule has 1 aliphatic heterocycles. The number of anilines is 1. The van der Waals surface area contributed by atoms with Crippen LogP contribution in [0.15, 0.2) is 78.4 Å². The first-order chi connectivity index (χ1) is 17.3. The Hall–Kier alpha value is -4.90. The third-order valence-electron chi connectivity index (χ3n) is 5.59. The van der Waals surface area contributed by atoms with Crippen molar-refractivity contribution in [3.63, 3.8) is 0 Å². The van der Waals surface area contributed by atoms with Crippen LogP contribution in [0.3, 0.4) is 0 Å². The number of hydrogen-bond donors (Lipinski definition) is 1. The number of benzene rings is 3. The van der Waals surface area contributed by atoms with E-state index in [0.717, 1.165) is 0 Å². The highest BCUT2D eigenvalue weighted by molar-refractivity contribution is 6.51. The fraction of sp³-hybridized carbons (Fsp3) is 0.143. The zero-order valence-corrected chi connectivity index (χ0v) is 19.6. The van der Waals surface area contributed by atoms with Crippen molar-refractivity contribution in [3.05, 3.63) is 95.1 Å². The Labute approximate surface area is 207 Å². The zero-order valence-electron chi connectivity index (χ0n) is 19.6. The van der Waals surface area contributed by atoms with Crippen LogP contribution < -0.4 is 14.4 Å². The SMILES string of the molecule is CCOc1cccc(/C(O)=C2/C(=O)C(=O)N(c3ccc(C#N)cc3)C2c2ccc(OC(C)=O)cc2)c1. The van der Waals surface area contributed by atoms with Crippen LogP contribution in [0, 0.1) is 11.3 Å². The van der Waals surface area contributed by atoms with Gasteiger partial charge in [0.25, 0.3) is 11.7 Å². The molecule has 1 N–H and O–H groups in total. The lowest BCUT2D eigenvalue weighted by Crippen LogP contribution is -2.29. The number of ether oxygens (including phenoxy) is 2. The normalized spacial score (nSPS) is 16.5. The maximum absolute atomic E-state index is 13.3. The number of nitriles is 1. The maximum atomic E-state index is 13.3. The van der Waals surface area contributed by atoms with Crippen molar-refractivity contribution in [3.8, 4) is 17.6 Å². The Morgan fingerprint density at radius 1 is 1.03 bits per heavy atom. The fourth-order valence-electron chi connectivity index (χ4n) is 4.05. The smallest absolute Gasteiger partial charge is 0.308 e. The molecule has 1 atom stereocenters. The molecule has 0 bridgehead atoms. The molecule has 1 aliphatic rings. The molecule has 180 valence electrons. The molecule has 36 heavy (non-hydrogen) atoms. The summed E-state index contributed by atoms with van der Waals surface area (Å²) in [6.07, 6.45) is 0. The summed E-state index contributed by atoms with van der Waals surface area (Å²) in [4.78, 5) is 39.1. The van der Waals surface area contributed by atoms with Gasteiger partial charge in [0.05, 0.1) is 29.9 Å². The highest BCUT2D eigenvalue weighted by Crippen LogP contribution is 2.42. The second-order valence-corrected chi connectivity index (χ2v) is 7.95. The number of hydrogen-bond acceptors (Lipinski definition) is 7. The van der Waals surface area contributed by atoms with Gasteiger partial charge in [-0.3, -0.25) is 19.3 Å². The van der Waals surface area contributed by atoms with Crippen LogP contribution >= 0.6 is 0 Å². The summed E-state index contributed by atoms with van der Waals surface area (Å²) < 4.78 is 10.6. The minimum atomic E-state index is -0.972. The molecule has 1 unspecified atom stereocenters. The number of esters is 1. The molecule has 0 saturated carbocycles. The lowest BCUT2D eigenvalue weighted by molar-refractivity contribution is -0.132. The highest BCUT2D eigenvalue weighted by Gasteiger charge is 2.47. The average Bonchev–Trinajstić information content (AvgIpc) is 3.14.